The maximum atomic E-state index is 9.90. The lowest BCUT2D eigenvalue weighted by Crippen LogP contribution is -2.67. The zero-order chi connectivity index (χ0) is 17.8. The van der Waals surface area contributed by atoms with E-state index in [1.165, 1.54) is 10.4 Å². The van der Waals surface area contributed by atoms with Crippen molar-refractivity contribution < 1.29 is 9.53 Å². The maximum absolute atomic E-state index is 9.90. The highest BCUT2D eigenvalue weighted by molar-refractivity contribution is 6.99. The Morgan fingerprint density at radius 2 is 1.29 bits per heavy atom. The summed E-state index contributed by atoms with van der Waals surface area (Å²) in [7, 11) is -2.47. The van der Waals surface area contributed by atoms with Gasteiger partial charge in [0.1, 0.15) is 0 Å². The lowest BCUT2D eigenvalue weighted by Gasteiger charge is -2.43. The summed E-state index contributed by atoms with van der Waals surface area (Å²) < 4.78 is 6.77. The molecule has 0 aliphatic heterocycles. The van der Waals surface area contributed by atoms with E-state index < -0.39 is 8.32 Å². The summed E-state index contributed by atoms with van der Waals surface area (Å²) in [5.74, 6) is 0.103. The van der Waals surface area contributed by atoms with Crippen LogP contribution in [0.3, 0.4) is 0 Å². The molecule has 1 N–H and O–H groups in total. The quantitative estimate of drug-likeness (QED) is 0.813. The Morgan fingerprint density at radius 3 is 1.62 bits per heavy atom. The van der Waals surface area contributed by atoms with E-state index in [0.717, 1.165) is 0 Å². The Balaban J connectivity index is 2.57. The van der Waals surface area contributed by atoms with E-state index in [0.29, 0.717) is 6.61 Å². The van der Waals surface area contributed by atoms with Crippen LogP contribution >= 0.6 is 0 Å². The highest BCUT2D eigenvalue weighted by atomic mass is 28.4. The van der Waals surface area contributed by atoms with Crippen LogP contribution in [0.25, 0.3) is 0 Å². The number of hydrogen-bond acceptors (Lipinski definition) is 2. The molecule has 130 valence electrons. The zero-order valence-electron chi connectivity index (χ0n) is 15.5. The van der Waals surface area contributed by atoms with Crippen molar-refractivity contribution in [2.24, 2.45) is 5.92 Å². The highest BCUT2D eigenvalue weighted by Crippen LogP contribution is 2.37. The normalized spacial score (nSPS) is 15.1. The maximum Gasteiger partial charge on any atom is 0.261 e. The summed E-state index contributed by atoms with van der Waals surface area (Å²) in [4.78, 5) is 0. The number of aliphatic hydroxyl groups excluding tert-OH is 1. The predicted octanol–water partition coefficient (Wildman–Crippen LogP) is 3.58. The third kappa shape index (κ3) is 3.80. The first kappa shape index (κ1) is 18.9. The van der Waals surface area contributed by atoms with Gasteiger partial charge in [0.25, 0.3) is 8.32 Å². The average molecular weight is 343 g/mol. The smallest absolute Gasteiger partial charge is 0.261 e. The molecule has 2 atom stereocenters. The molecule has 2 nitrogen and oxygen atoms in total. The fraction of sp³-hybridized carbons (Fsp3) is 0.429. The van der Waals surface area contributed by atoms with Crippen LogP contribution in [0.1, 0.15) is 34.6 Å². The van der Waals surface area contributed by atoms with Crippen molar-refractivity contribution >= 4 is 18.7 Å². The van der Waals surface area contributed by atoms with Crippen molar-refractivity contribution in [3.8, 4) is 0 Å². The third-order valence-electron chi connectivity index (χ3n) is 4.80. The first-order valence-corrected chi connectivity index (χ1v) is 10.6. The first-order chi connectivity index (χ1) is 11.3. The summed E-state index contributed by atoms with van der Waals surface area (Å²) in [5, 5.41) is 12.4. The van der Waals surface area contributed by atoms with Crippen molar-refractivity contribution in [3.63, 3.8) is 0 Å². The lowest BCUT2D eigenvalue weighted by atomic mass is 10.1. The summed E-state index contributed by atoms with van der Waals surface area (Å²) in [6.07, 6.45) is -0.372. The molecule has 0 radical (unpaired) electrons. The molecule has 0 aromatic heterocycles. The standard InChI is InChI=1S/C21H30O2Si/c1-17(18(2)22)16-23-24(21(3,4)5,19-12-8-6-9-13-19)20-14-10-7-11-15-20/h6-15,17-18,22H,16H2,1-5H3/t17-,18+/m0/s1. The van der Waals surface area contributed by atoms with Crippen LogP contribution in [0.2, 0.25) is 5.04 Å². The molecule has 2 rings (SSSR count). The predicted molar refractivity (Wildman–Crippen MR) is 104 cm³/mol. The first-order valence-electron chi connectivity index (χ1n) is 8.72. The molecule has 2 aromatic rings. The molecule has 0 aliphatic carbocycles. The van der Waals surface area contributed by atoms with Crippen LogP contribution in [0, 0.1) is 5.92 Å². The molecular formula is C21H30O2Si. The van der Waals surface area contributed by atoms with Gasteiger partial charge in [-0.3, -0.25) is 0 Å². The van der Waals surface area contributed by atoms with Gasteiger partial charge >= 0.3 is 0 Å². The van der Waals surface area contributed by atoms with Gasteiger partial charge in [-0.15, -0.1) is 0 Å². The Bertz CT molecular complexity index is 578. The lowest BCUT2D eigenvalue weighted by molar-refractivity contribution is 0.0959. The molecule has 3 heteroatoms. The van der Waals surface area contributed by atoms with Gasteiger partial charge in [0.2, 0.25) is 0 Å². The van der Waals surface area contributed by atoms with E-state index in [1.54, 1.807) is 0 Å². The second kappa shape index (κ2) is 7.64. The summed E-state index contributed by atoms with van der Waals surface area (Å²) in [5.41, 5.74) is 0. The number of hydrogen-bond donors (Lipinski definition) is 1. The van der Waals surface area contributed by atoms with E-state index in [9.17, 15) is 5.11 Å². The summed E-state index contributed by atoms with van der Waals surface area (Å²) in [6.45, 7) is 11.2. The Kier molecular flexibility index (Phi) is 6.02. The minimum atomic E-state index is -2.47. The topological polar surface area (TPSA) is 29.5 Å². The molecular weight excluding hydrogens is 312 g/mol. The second-order valence-corrected chi connectivity index (χ2v) is 12.0. The van der Waals surface area contributed by atoms with Gasteiger partial charge in [-0.05, 0) is 22.3 Å². The second-order valence-electron chi connectivity index (χ2n) is 7.69. The van der Waals surface area contributed by atoms with Gasteiger partial charge in [-0.1, -0.05) is 88.4 Å². The molecule has 0 aliphatic rings. The van der Waals surface area contributed by atoms with Crippen LogP contribution in [-0.4, -0.2) is 26.1 Å². The van der Waals surface area contributed by atoms with E-state index in [4.69, 9.17) is 4.43 Å². The number of aliphatic hydroxyl groups is 1. The fourth-order valence-corrected chi connectivity index (χ4v) is 7.83. The number of rotatable bonds is 6. The van der Waals surface area contributed by atoms with E-state index in [-0.39, 0.29) is 17.1 Å². The zero-order valence-corrected chi connectivity index (χ0v) is 16.5. The molecule has 0 amide bonds. The Hall–Kier alpha value is -1.42. The summed E-state index contributed by atoms with van der Waals surface area (Å²) >= 11 is 0. The van der Waals surface area contributed by atoms with Crippen molar-refractivity contribution in [2.75, 3.05) is 6.61 Å². The molecule has 0 unspecified atom stereocenters. The monoisotopic (exact) mass is 342 g/mol. The van der Waals surface area contributed by atoms with Gasteiger partial charge in [0.05, 0.1) is 6.10 Å². The van der Waals surface area contributed by atoms with E-state index >= 15 is 0 Å². The Morgan fingerprint density at radius 1 is 0.875 bits per heavy atom. The largest absolute Gasteiger partial charge is 0.407 e. The molecule has 24 heavy (non-hydrogen) atoms. The fourth-order valence-electron chi connectivity index (χ4n) is 3.16. The van der Waals surface area contributed by atoms with Gasteiger partial charge < -0.3 is 9.53 Å². The highest BCUT2D eigenvalue weighted by Gasteiger charge is 2.50. The molecule has 0 heterocycles. The van der Waals surface area contributed by atoms with E-state index in [2.05, 4.69) is 81.4 Å². The molecule has 0 saturated heterocycles. The van der Waals surface area contributed by atoms with Crippen molar-refractivity contribution in [1.82, 2.24) is 0 Å². The minimum Gasteiger partial charge on any atom is -0.407 e. The minimum absolute atomic E-state index is 0.0197. The van der Waals surface area contributed by atoms with Crippen LogP contribution < -0.4 is 10.4 Å². The molecule has 0 spiro atoms. The Labute approximate surface area is 147 Å². The van der Waals surface area contributed by atoms with E-state index in [1.807, 2.05) is 13.8 Å². The summed E-state index contributed by atoms with van der Waals surface area (Å²) in [6, 6.07) is 21.2. The molecule has 0 bridgehead atoms. The van der Waals surface area contributed by atoms with Crippen LogP contribution in [-0.2, 0) is 4.43 Å². The SMILES string of the molecule is C[C@@H](O)[C@@H](C)CO[Si](c1ccccc1)(c1ccccc1)C(C)(C)C. The number of benzene rings is 2. The van der Waals surface area contributed by atoms with Crippen molar-refractivity contribution in [3.05, 3.63) is 60.7 Å². The van der Waals surface area contributed by atoms with Gasteiger partial charge in [0.15, 0.2) is 0 Å². The molecule has 0 saturated carbocycles. The van der Waals surface area contributed by atoms with Gasteiger partial charge in [-0.2, -0.15) is 0 Å². The molecule has 0 fully saturated rings. The van der Waals surface area contributed by atoms with Crippen molar-refractivity contribution in [1.29, 1.82) is 0 Å². The van der Waals surface area contributed by atoms with Crippen LogP contribution in [0.4, 0.5) is 0 Å². The van der Waals surface area contributed by atoms with Crippen molar-refractivity contribution in [2.45, 2.75) is 45.8 Å². The average Bonchev–Trinajstić information content (AvgIpc) is 2.56. The third-order valence-corrected chi connectivity index (χ3v) is 9.81. The van der Waals surface area contributed by atoms with Gasteiger partial charge in [-0.25, -0.2) is 0 Å². The van der Waals surface area contributed by atoms with Crippen LogP contribution in [0.15, 0.2) is 60.7 Å². The van der Waals surface area contributed by atoms with Crippen LogP contribution in [0.5, 0.6) is 0 Å². The van der Waals surface area contributed by atoms with Gasteiger partial charge in [0, 0.05) is 12.5 Å². The molecule has 2 aromatic carbocycles.